The second kappa shape index (κ2) is 5.05. The largest absolute Gasteiger partial charge is 0.481 e. The van der Waals surface area contributed by atoms with Crippen molar-refractivity contribution in [2.75, 3.05) is 13.1 Å². The van der Waals surface area contributed by atoms with Crippen molar-refractivity contribution >= 4 is 17.6 Å². The lowest BCUT2D eigenvalue weighted by Crippen LogP contribution is -2.35. The van der Waals surface area contributed by atoms with Gasteiger partial charge in [-0.3, -0.25) is 9.69 Å². The predicted octanol–water partition coefficient (Wildman–Crippen LogP) is 3.51. The van der Waals surface area contributed by atoms with E-state index in [0.29, 0.717) is 19.0 Å². The minimum atomic E-state index is -0.642. The third-order valence-electron chi connectivity index (χ3n) is 5.11. The smallest absolute Gasteiger partial charge is 0.310 e. The number of fused-ring (bicyclic) bond motifs is 1. The maximum absolute atomic E-state index is 11.6. The summed E-state index contributed by atoms with van der Waals surface area (Å²) in [6.07, 6.45) is 3.59. The Morgan fingerprint density at radius 1 is 1.55 bits per heavy atom. The van der Waals surface area contributed by atoms with E-state index in [1.807, 2.05) is 13.0 Å². The molecule has 2 unspecified atom stereocenters. The van der Waals surface area contributed by atoms with E-state index in [1.54, 1.807) is 0 Å². The lowest BCUT2D eigenvalue weighted by Gasteiger charge is -2.27. The molecule has 0 bridgehead atoms. The minimum Gasteiger partial charge on any atom is -0.481 e. The molecule has 4 heteroatoms. The molecule has 1 N–H and O–H groups in total. The summed E-state index contributed by atoms with van der Waals surface area (Å²) >= 11 is 6.05. The summed E-state index contributed by atoms with van der Waals surface area (Å²) in [5, 5.41) is 10.3. The zero-order valence-electron chi connectivity index (χ0n) is 11.7. The van der Waals surface area contributed by atoms with Crippen LogP contribution in [0.5, 0.6) is 0 Å². The first kappa shape index (κ1) is 13.9. The quantitative estimate of drug-likeness (QED) is 0.927. The van der Waals surface area contributed by atoms with Crippen molar-refractivity contribution in [2.24, 2.45) is 5.41 Å². The zero-order valence-corrected chi connectivity index (χ0v) is 12.5. The molecule has 0 radical (unpaired) electrons. The molecule has 0 saturated carbocycles. The number of hydrogen-bond acceptors (Lipinski definition) is 2. The molecule has 0 aromatic heterocycles. The van der Waals surface area contributed by atoms with Crippen molar-refractivity contribution in [1.29, 1.82) is 0 Å². The van der Waals surface area contributed by atoms with Crippen LogP contribution < -0.4 is 0 Å². The molecule has 2 atom stereocenters. The van der Waals surface area contributed by atoms with Gasteiger partial charge in [-0.05, 0) is 55.5 Å². The highest BCUT2D eigenvalue weighted by atomic mass is 35.5. The van der Waals surface area contributed by atoms with Crippen molar-refractivity contribution in [3.8, 4) is 0 Å². The van der Waals surface area contributed by atoms with Crippen LogP contribution in [-0.4, -0.2) is 29.1 Å². The normalized spacial score (nSPS) is 29.6. The molecule has 1 aliphatic carbocycles. The molecule has 1 saturated heterocycles. The Bertz CT molecular complexity index is 545. The summed E-state index contributed by atoms with van der Waals surface area (Å²) in [7, 11) is 0. The molecule has 0 amide bonds. The number of carboxylic acids is 1. The van der Waals surface area contributed by atoms with E-state index < -0.39 is 11.4 Å². The summed E-state index contributed by atoms with van der Waals surface area (Å²) < 4.78 is 0. The molecular weight excluding hydrogens is 274 g/mol. The van der Waals surface area contributed by atoms with Crippen LogP contribution in [0, 0.1) is 5.41 Å². The van der Waals surface area contributed by atoms with E-state index in [1.165, 1.54) is 11.1 Å². The van der Waals surface area contributed by atoms with Crippen LogP contribution in [0.25, 0.3) is 0 Å². The molecule has 20 heavy (non-hydrogen) atoms. The maximum Gasteiger partial charge on any atom is 0.310 e. The summed E-state index contributed by atoms with van der Waals surface area (Å²) in [6.45, 7) is 3.54. The number of nitrogens with zero attached hydrogens (tertiary/aromatic N) is 1. The van der Waals surface area contributed by atoms with Crippen LogP contribution in [0.2, 0.25) is 5.02 Å². The van der Waals surface area contributed by atoms with Crippen LogP contribution >= 0.6 is 11.6 Å². The van der Waals surface area contributed by atoms with Crippen LogP contribution in [0.3, 0.4) is 0 Å². The summed E-state index contributed by atoms with van der Waals surface area (Å²) in [4.78, 5) is 13.9. The summed E-state index contributed by atoms with van der Waals surface area (Å²) in [5.41, 5.74) is 2.12. The number of aliphatic carboxylic acids is 1. The van der Waals surface area contributed by atoms with E-state index in [0.717, 1.165) is 30.8 Å². The molecule has 108 valence electrons. The minimum absolute atomic E-state index is 0.370. The molecule has 3 nitrogen and oxygen atoms in total. The van der Waals surface area contributed by atoms with Gasteiger partial charge in [0.2, 0.25) is 0 Å². The number of likely N-dealkylation sites (tertiary alicyclic amines) is 1. The van der Waals surface area contributed by atoms with Gasteiger partial charge in [-0.1, -0.05) is 24.6 Å². The Morgan fingerprint density at radius 2 is 2.35 bits per heavy atom. The summed E-state index contributed by atoms with van der Waals surface area (Å²) in [6, 6.07) is 6.48. The average Bonchev–Trinajstić information content (AvgIpc) is 3.01. The number of carbonyl (C=O) groups is 1. The van der Waals surface area contributed by atoms with Crippen molar-refractivity contribution < 1.29 is 9.90 Å². The van der Waals surface area contributed by atoms with E-state index in [-0.39, 0.29) is 0 Å². The van der Waals surface area contributed by atoms with Gasteiger partial charge in [0, 0.05) is 17.6 Å². The average molecular weight is 294 g/mol. The molecule has 0 spiro atoms. The van der Waals surface area contributed by atoms with Crippen LogP contribution in [0.15, 0.2) is 18.2 Å². The van der Waals surface area contributed by atoms with Gasteiger partial charge in [-0.25, -0.2) is 0 Å². The first-order valence-electron chi connectivity index (χ1n) is 7.31. The number of aryl methyl sites for hydroxylation is 1. The first-order chi connectivity index (χ1) is 9.55. The van der Waals surface area contributed by atoms with E-state index in [2.05, 4.69) is 17.0 Å². The van der Waals surface area contributed by atoms with Crippen LogP contribution in [-0.2, 0) is 11.2 Å². The molecule has 1 aromatic carbocycles. The van der Waals surface area contributed by atoms with Gasteiger partial charge in [-0.15, -0.1) is 0 Å². The van der Waals surface area contributed by atoms with Crippen LogP contribution in [0.1, 0.15) is 43.4 Å². The molecular formula is C16H20ClNO2. The highest BCUT2D eigenvalue weighted by Gasteiger charge is 2.45. The maximum atomic E-state index is 11.6. The van der Waals surface area contributed by atoms with Gasteiger partial charge in [-0.2, -0.15) is 0 Å². The fourth-order valence-corrected chi connectivity index (χ4v) is 3.92. The van der Waals surface area contributed by atoms with Gasteiger partial charge >= 0.3 is 5.97 Å². The summed E-state index contributed by atoms with van der Waals surface area (Å²) in [5.74, 6) is -0.642. The molecule has 3 rings (SSSR count). The third-order valence-corrected chi connectivity index (χ3v) is 5.34. The van der Waals surface area contributed by atoms with Crippen molar-refractivity contribution in [1.82, 2.24) is 4.90 Å². The van der Waals surface area contributed by atoms with E-state index in [4.69, 9.17) is 11.6 Å². The van der Waals surface area contributed by atoms with Crippen molar-refractivity contribution in [3.63, 3.8) is 0 Å². The third kappa shape index (κ3) is 2.13. The van der Waals surface area contributed by atoms with Gasteiger partial charge in [0.05, 0.1) is 5.41 Å². The van der Waals surface area contributed by atoms with Crippen molar-refractivity contribution in [2.45, 2.75) is 38.6 Å². The topological polar surface area (TPSA) is 40.5 Å². The Labute approximate surface area is 124 Å². The Balaban J connectivity index is 1.82. The molecule has 1 fully saturated rings. The van der Waals surface area contributed by atoms with Crippen molar-refractivity contribution in [3.05, 3.63) is 34.3 Å². The standard InChI is InChI=1S/C16H20ClNO2/c1-2-16(15(19)20)7-8-18(10-16)14-6-3-11-9-12(17)4-5-13(11)14/h4-5,9,14H,2-3,6-8,10H2,1H3,(H,19,20). The van der Waals surface area contributed by atoms with Gasteiger partial charge < -0.3 is 5.11 Å². The number of carboxylic acid groups (broad SMARTS) is 1. The fraction of sp³-hybridized carbons (Fsp3) is 0.562. The molecule has 1 aliphatic heterocycles. The highest BCUT2D eigenvalue weighted by Crippen LogP contribution is 2.43. The number of halogens is 1. The second-order valence-corrected chi connectivity index (χ2v) is 6.49. The second-order valence-electron chi connectivity index (χ2n) is 6.06. The first-order valence-corrected chi connectivity index (χ1v) is 7.69. The van der Waals surface area contributed by atoms with Gasteiger partial charge in [0.1, 0.15) is 0 Å². The Morgan fingerprint density at radius 3 is 3.00 bits per heavy atom. The number of hydrogen-bond donors (Lipinski definition) is 1. The molecule has 1 aromatic rings. The lowest BCUT2D eigenvalue weighted by molar-refractivity contribution is -0.148. The predicted molar refractivity (Wildman–Crippen MR) is 79.1 cm³/mol. The fourth-order valence-electron chi connectivity index (χ4n) is 3.73. The van der Waals surface area contributed by atoms with E-state index >= 15 is 0 Å². The van der Waals surface area contributed by atoms with E-state index in [9.17, 15) is 9.90 Å². The number of rotatable bonds is 3. The Kier molecular flexibility index (Phi) is 3.51. The highest BCUT2D eigenvalue weighted by molar-refractivity contribution is 6.30. The molecule has 1 heterocycles. The lowest BCUT2D eigenvalue weighted by atomic mass is 9.84. The SMILES string of the molecule is CCC1(C(=O)O)CCN(C2CCc3cc(Cl)ccc32)C1. The van der Waals surface area contributed by atoms with Gasteiger partial charge in [0.25, 0.3) is 0 Å². The molecule has 2 aliphatic rings. The number of benzene rings is 1. The van der Waals surface area contributed by atoms with Crippen LogP contribution in [0.4, 0.5) is 0 Å². The Hall–Kier alpha value is -1.06. The van der Waals surface area contributed by atoms with Gasteiger partial charge in [0.15, 0.2) is 0 Å². The zero-order chi connectivity index (χ0) is 14.3. The monoisotopic (exact) mass is 293 g/mol.